The first-order valence-corrected chi connectivity index (χ1v) is 9.94. The molecule has 0 aliphatic carbocycles. The Morgan fingerprint density at radius 2 is 1.61 bits per heavy atom. The van der Waals surface area contributed by atoms with Crippen LogP contribution >= 0.6 is 0 Å². The maximum Gasteiger partial charge on any atom is 0.305 e. The van der Waals surface area contributed by atoms with Crippen molar-refractivity contribution in [3.05, 3.63) is 34.4 Å². The van der Waals surface area contributed by atoms with Gasteiger partial charge in [-0.3, -0.25) is 19.7 Å². The number of nitro benzene ring substituents is 1. The summed E-state index contributed by atoms with van der Waals surface area (Å²) in [5.41, 5.74) is 1.03. The summed E-state index contributed by atoms with van der Waals surface area (Å²) < 4.78 is 4.89. The predicted molar refractivity (Wildman–Crippen MR) is 106 cm³/mol. The van der Waals surface area contributed by atoms with E-state index in [2.05, 4.69) is 4.90 Å². The molecule has 8 heteroatoms. The molecule has 0 unspecified atom stereocenters. The minimum atomic E-state index is -0.406. The van der Waals surface area contributed by atoms with Gasteiger partial charge in [-0.1, -0.05) is 12.8 Å². The molecule has 1 aliphatic rings. The van der Waals surface area contributed by atoms with Gasteiger partial charge in [-0.05, 0) is 31.9 Å². The monoisotopic (exact) mass is 391 g/mol. The van der Waals surface area contributed by atoms with Crippen LogP contribution in [0.15, 0.2) is 24.3 Å². The van der Waals surface area contributed by atoms with E-state index >= 15 is 0 Å². The molecule has 1 fully saturated rings. The molecule has 0 bridgehead atoms. The lowest BCUT2D eigenvalue weighted by atomic mass is 10.1. The third-order valence-corrected chi connectivity index (χ3v) is 4.88. The van der Waals surface area contributed by atoms with Gasteiger partial charge in [-0.25, -0.2) is 0 Å². The van der Waals surface area contributed by atoms with Crippen LogP contribution in [0.2, 0.25) is 0 Å². The normalized spacial score (nSPS) is 14.0. The molecule has 2 rings (SSSR count). The fraction of sp³-hybridized carbons (Fsp3) is 0.600. The number of esters is 1. The van der Waals surface area contributed by atoms with Gasteiger partial charge in [0.2, 0.25) is 5.91 Å². The lowest BCUT2D eigenvalue weighted by Gasteiger charge is -2.36. The van der Waals surface area contributed by atoms with Crippen molar-refractivity contribution in [1.82, 2.24) is 4.90 Å². The Morgan fingerprint density at radius 1 is 1.00 bits per heavy atom. The Kier molecular flexibility index (Phi) is 8.71. The van der Waals surface area contributed by atoms with E-state index in [-0.39, 0.29) is 17.6 Å². The molecule has 154 valence electrons. The second-order valence-corrected chi connectivity index (χ2v) is 6.86. The number of nitro groups is 1. The summed E-state index contributed by atoms with van der Waals surface area (Å²) in [5.74, 6) is 0.0261. The molecule has 1 aromatic carbocycles. The summed E-state index contributed by atoms with van der Waals surface area (Å²) in [6, 6.07) is 6.53. The van der Waals surface area contributed by atoms with Crippen molar-refractivity contribution in [3.8, 4) is 0 Å². The number of benzene rings is 1. The minimum absolute atomic E-state index is 0.0832. The quantitative estimate of drug-likeness (QED) is 0.263. The summed E-state index contributed by atoms with van der Waals surface area (Å²) in [5, 5.41) is 10.7. The molecular formula is C20H29N3O5. The van der Waals surface area contributed by atoms with Gasteiger partial charge in [0.05, 0.1) is 11.5 Å². The highest BCUT2D eigenvalue weighted by Crippen LogP contribution is 2.21. The maximum absolute atomic E-state index is 12.3. The van der Waals surface area contributed by atoms with Crippen molar-refractivity contribution < 1.29 is 19.2 Å². The lowest BCUT2D eigenvalue weighted by Crippen LogP contribution is -2.48. The smallest absolute Gasteiger partial charge is 0.305 e. The molecule has 28 heavy (non-hydrogen) atoms. The molecule has 0 atom stereocenters. The third kappa shape index (κ3) is 6.83. The zero-order valence-electron chi connectivity index (χ0n) is 16.5. The average molecular weight is 391 g/mol. The fourth-order valence-electron chi connectivity index (χ4n) is 3.29. The Hall–Kier alpha value is -2.64. The van der Waals surface area contributed by atoms with Crippen molar-refractivity contribution in [2.75, 3.05) is 37.7 Å². The zero-order chi connectivity index (χ0) is 20.4. The van der Waals surface area contributed by atoms with Gasteiger partial charge < -0.3 is 14.5 Å². The zero-order valence-corrected chi connectivity index (χ0v) is 16.5. The molecule has 1 aliphatic heterocycles. The van der Waals surface area contributed by atoms with Crippen LogP contribution in [0.4, 0.5) is 11.4 Å². The topological polar surface area (TPSA) is 93.0 Å². The Balaban J connectivity index is 1.62. The minimum Gasteiger partial charge on any atom is -0.466 e. The van der Waals surface area contributed by atoms with Gasteiger partial charge in [0, 0.05) is 56.8 Å². The summed E-state index contributed by atoms with van der Waals surface area (Å²) in [4.78, 5) is 38.0. The van der Waals surface area contributed by atoms with Gasteiger partial charge in [-0.2, -0.15) is 0 Å². The van der Waals surface area contributed by atoms with E-state index in [0.717, 1.165) is 44.5 Å². The summed E-state index contributed by atoms with van der Waals surface area (Å²) in [6.45, 7) is 5.00. The van der Waals surface area contributed by atoms with Crippen LogP contribution in [0, 0.1) is 10.1 Å². The molecule has 0 saturated carbocycles. The van der Waals surface area contributed by atoms with Crippen LogP contribution in [0.25, 0.3) is 0 Å². The van der Waals surface area contributed by atoms with Crippen molar-refractivity contribution >= 4 is 23.3 Å². The van der Waals surface area contributed by atoms with Gasteiger partial charge in [0.15, 0.2) is 0 Å². The number of ether oxygens (including phenoxy) is 1. The van der Waals surface area contributed by atoms with Crippen LogP contribution in [-0.4, -0.2) is 54.5 Å². The van der Waals surface area contributed by atoms with Crippen LogP contribution in [0.1, 0.15) is 45.4 Å². The van der Waals surface area contributed by atoms with Crippen molar-refractivity contribution in [1.29, 1.82) is 0 Å². The maximum atomic E-state index is 12.3. The Bertz CT molecular complexity index is 654. The average Bonchev–Trinajstić information content (AvgIpc) is 2.71. The number of anilines is 1. The molecule has 1 aromatic rings. The predicted octanol–water partition coefficient (Wildman–Crippen LogP) is 3.15. The number of hydrogen-bond acceptors (Lipinski definition) is 6. The first kappa shape index (κ1) is 21.7. The number of nitrogens with zero attached hydrogens (tertiary/aromatic N) is 3. The Labute approximate surface area is 165 Å². The first-order valence-electron chi connectivity index (χ1n) is 9.94. The number of piperazine rings is 1. The number of unbranched alkanes of at least 4 members (excludes halogenated alkanes) is 3. The van der Waals surface area contributed by atoms with Crippen molar-refractivity contribution in [2.24, 2.45) is 0 Å². The van der Waals surface area contributed by atoms with Gasteiger partial charge in [-0.15, -0.1) is 0 Å². The second kappa shape index (κ2) is 11.3. The van der Waals surface area contributed by atoms with E-state index in [1.807, 2.05) is 4.90 Å². The number of rotatable bonds is 10. The van der Waals surface area contributed by atoms with Crippen LogP contribution in [-0.2, 0) is 14.3 Å². The molecule has 1 saturated heterocycles. The third-order valence-electron chi connectivity index (χ3n) is 4.88. The SMILES string of the molecule is CCOC(=O)CCCCCCC(=O)N1CCN(c2ccc([N+](=O)[O-])cc2)CC1. The van der Waals surface area contributed by atoms with E-state index in [0.29, 0.717) is 32.5 Å². The highest BCUT2D eigenvalue weighted by atomic mass is 16.6. The summed E-state index contributed by atoms with van der Waals surface area (Å²) in [6.07, 6.45) is 4.50. The standard InChI is InChI=1S/C20H29N3O5/c1-2-28-20(25)8-6-4-3-5-7-19(24)22-15-13-21(14-16-22)17-9-11-18(12-10-17)23(26)27/h9-12H,2-8,13-16H2,1H3. The second-order valence-electron chi connectivity index (χ2n) is 6.86. The highest BCUT2D eigenvalue weighted by molar-refractivity contribution is 5.76. The molecule has 0 aromatic heterocycles. The molecule has 1 amide bonds. The van der Waals surface area contributed by atoms with E-state index in [1.165, 1.54) is 12.1 Å². The van der Waals surface area contributed by atoms with E-state index in [4.69, 9.17) is 4.74 Å². The van der Waals surface area contributed by atoms with E-state index in [1.54, 1.807) is 19.1 Å². The van der Waals surface area contributed by atoms with Gasteiger partial charge in [0.25, 0.3) is 5.69 Å². The number of non-ortho nitro benzene ring substituents is 1. The fourth-order valence-corrected chi connectivity index (χ4v) is 3.29. The van der Waals surface area contributed by atoms with E-state index < -0.39 is 4.92 Å². The number of carbonyl (C=O) groups excluding carboxylic acids is 2. The van der Waals surface area contributed by atoms with Crippen molar-refractivity contribution in [3.63, 3.8) is 0 Å². The molecule has 1 heterocycles. The van der Waals surface area contributed by atoms with Gasteiger partial charge >= 0.3 is 5.97 Å². The molecule has 0 spiro atoms. The van der Waals surface area contributed by atoms with E-state index in [9.17, 15) is 19.7 Å². The number of carbonyl (C=O) groups is 2. The van der Waals surface area contributed by atoms with Crippen molar-refractivity contribution in [2.45, 2.75) is 45.4 Å². The molecular weight excluding hydrogens is 362 g/mol. The van der Waals surface area contributed by atoms with Crippen LogP contribution < -0.4 is 4.90 Å². The Morgan fingerprint density at radius 3 is 2.18 bits per heavy atom. The number of amides is 1. The van der Waals surface area contributed by atoms with Gasteiger partial charge in [0.1, 0.15) is 0 Å². The molecule has 0 radical (unpaired) electrons. The molecule has 0 N–H and O–H groups in total. The van der Waals surface area contributed by atoms with Crippen LogP contribution in [0.3, 0.4) is 0 Å². The number of hydrogen-bond donors (Lipinski definition) is 0. The first-order chi connectivity index (χ1) is 13.5. The van der Waals surface area contributed by atoms with Crippen LogP contribution in [0.5, 0.6) is 0 Å². The summed E-state index contributed by atoms with van der Waals surface area (Å²) >= 11 is 0. The highest BCUT2D eigenvalue weighted by Gasteiger charge is 2.21. The largest absolute Gasteiger partial charge is 0.466 e. The summed E-state index contributed by atoms with van der Waals surface area (Å²) in [7, 11) is 0. The molecule has 8 nitrogen and oxygen atoms in total. The lowest BCUT2D eigenvalue weighted by molar-refractivity contribution is -0.384.